The molecular weight excluding hydrogens is 198 g/mol. The van der Waals surface area contributed by atoms with E-state index in [2.05, 4.69) is 44.3 Å². The van der Waals surface area contributed by atoms with Gasteiger partial charge in [0.2, 0.25) is 0 Å². The Kier molecular flexibility index (Phi) is 5.33. The predicted molar refractivity (Wildman–Crippen MR) is 69.2 cm³/mol. The highest BCUT2D eigenvalue weighted by Gasteiger charge is 2.01. The molecule has 16 heavy (non-hydrogen) atoms. The topological polar surface area (TPSA) is 21.3 Å². The average molecular weight is 221 g/mol. The molecule has 0 saturated carbocycles. The number of aryl methyl sites for hydroxylation is 2. The molecule has 0 aromatic heterocycles. The van der Waals surface area contributed by atoms with Crippen LogP contribution in [-0.2, 0) is 0 Å². The van der Waals surface area contributed by atoms with Gasteiger partial charge in [0.15, 0.2) is 0 Å². The monoisotopic (exact) mass is 221 g/mol. The summed E-state index contributed by atoms with van der Waals surface area (Å²) in [5.74, 6) is 1.03. The summed E-state index contributed by atoms with van der Waals surface area (Å²) in [5.41, 5.74) is 2.47. The van der Waals surface area contributed by atoms with E-state index in [1.54, 1.807) is 0 Å². The van der Waals surface area contributed by atoms with Crippen molar-refractivity contribution in [3.63, 3.8) is 0 Å². The first-order valence-corrected chi connectivity index (χ1v) is 6.01. The molecule has 1 aromatic rings. The molecule has 0 amide bonds. The van der Waals surface area contributed by atoms with E-state index in [-0.39, 0.29) is 0 Å². The summed E-state index contributed by atoms with van der Waals surface area (Å²) in [4.78, 5) is 0. The first kappa shape index (κ1) is 13.0. The van der Waals surface area contributed by atoms with Crippen LogP contribution < -0.4 is 10.1 Å². The molecule has 0 fully saturated rings. The van der Waals surface area contributed by atoms with Crippen LogP contribution in [0.5, 0.6) is 5.75 Å². The van der Waals surface area contributed by atoms with E-state index < -0.39 is 0 Å². The van der Waals surface area contributed by atoms with Crippen molar-refractivity contribution in [1.82, 2.24) is 5.32 Å². The van der Waals surface area contributed by atoms with E-state index in [0.29, 0.717) is 6.04 Å². The Balaban J connectivity index is 2.34. The summed E-state index contributed by atoms with van der Waals surface area (Å²) >= 11 is 0. The van der Waals surface area contributed by atoms with Gasteiger partial charge in [-0.2, -0.15) is 0 Å². The molecule has 0 aliphatic carbocycles. The molecule has 1 atom stereocenters. The van der Waals surface area contributed by atoms with Gasteiger partial charge in [0.05, 0.1) is 6.61 Å². The smallest absolute Gasteiger partial charge is 0.122 e. The summed E-state index contributed by atoms with van der Waals surface area (Å²) in [6.07, 6.45) is 2.25. The van der Waals surface area contributed by atoms with Crippen molar-refractivity contribution in [1.29, 1.82) is 0 Å². The predicted octanol–water partition coefficient (Wildman–Crippen LogP) is 3.07. The molecule has 0 aliphatic heterocycles. The maximum absolute atomic E-state index is 5.78. The second-order valence-electron chi connectivity index (χ2n) is 4.45. The van der Waals surface area contributed by atoms with Crippen molar-refractivity contribution >= 4 is 0 Å². The maximum Gasteiger partial charge on any atom is 0.122 e. The molecule has 90 valence electrons. The van der Waals surface area contributed by atoms with Gasteiger partial charge in [-0.3, -0.25) is 0 Å². The van der Waals surface area contributed by atoms with Gasteiger partial charge in [-0.05, 0) is 57.9 Å². The van der Waals surface area contributed by atoms with Crippen LogP contribution in [0.2, 0.25) is 0 Å². The molecular formula is C14H23NO. The van der Waals surface area contributed by atoms with Crippen LogP contribution in [0, 0.1) is 13.8 Å². The summed E-state index contributed by atoms with van der Waals surface area (Å²) in [6, 6.07) is 6.91. The normalized spacial score (nSPS) is 12.5. The van der Waals surface area contributed by atoms with Gasteiger partial charge in [0.1, 0.15) is 5.75 Å². The zero-order valence-corrected chi connectivity index (χ0v) is 10.8. The van der Waals surface area contributed by atoms with Crippen molar-refractivity contribution in [2.24, 2.45) is 0 Å². The van der Waals surface area contributed by atoms with Gasteiger partial charge >= 0.3 is 0 Å². The van der Waals surface area contributed by atoms with Crippen LogP contribution in [-0.4, -0.2) is 19.7 Å². The first-order chi connectivity index (χ1) is 7.63. The van der Waals surface area contributed by atoms with Crippen LogP contribution in [0.3, 0.4) is 0 Å². The van der Waals surface area contributed by atoms with Crippen LogP contribution in [0.4, 0.5) is 0 Å². The molecule has 1 rings (SSSR count). The fraction of sp³-hybridized carbons (Fsp3) is 0.571. The average Bonchev–Trinajstić information content (AvgIpc) is 2.28. The molecule has 1 aromatic carbocycles. The summed E-state index contributed by atoms with van der Waals surface area (Å²) in [7, 11) is 2.00. The van der Waals surface area contributed by atoms with E-state index in [4.69, 9.17) is 4.74 Å². The molecule has 0 bridgehead atoms. The number of rotatable bonds is 6. The highest BCUT2D eigenvalue weighted by Crippen LogP contribution is 2.19. The molecule has 2 nitrogen and oxygen atoms in total. The Hall–Kier alpha value is -1.02. The zero-order chi connectivity index (χ0) is 12.0. The first-order valence-electron chi connectivity index (χ1n) is 6.01. The number of nitrogens with one attached hydrogen (secondary N) is 1. The van der Waals surface area contributed by atoms with Gasteiger partial charge < -0.3 is 10.1 Å². The molecule has 2 heteroatoms. The highest BCUT2D eigenvalue weighted by atomic mass is 16.5. The highest BCUT2D eigenvalue weighted by molar-refractivity contribution is 5.35. The van der Waals surface area contributed by atoms with Gasteiger partial charge in [-0.15, -0.1) is 0 Å². The Morgan fingerprint density at radius 2 is 2.06 bits per heavy atom. The molecule has 0 aliphatic rings. The second-order valence-corrected chi connectivity index (χ2v) is 4.45. The van der Waals surface area contributed by atoms with Crippen molar-refractivity contribution in [3.8, 4) is 5.75 Å². The standard InChI is InChI=1S/C14H23NO/c1-11-7-8-12(2)14(10-11)16-9-5-6-13(3)15-4/h7-8,10,13,15H,5-6,9H2,1-4H3. The minimum Gasteiger partial charge on any atom is -0.493 e. The SMILES string of the molecule is CNC(C)CCCOc1cc(C)ccc1C. The van der Waals surface area contributed by atoms with E-state index in [0.717, 1.165) is 25.2 Å². The lowest BCUT2D eigenvalue weighted by atomic mass is 10.1. The molecule has 0 spiro atoms. The fourth-order valence-electron chi connectivity index (χ4n) is 1.58. The number of benzene rings is 1. The third-order valence-corrected chi connectivity index (χ3v) is 2.88. The van der Waals surface area contributed by atoms with Crippen molar-refractivity contribution in [3.05, 3.63) is 29.3 Å². The van der Waals surface area contributed by atoms with Crippen LogP contribution in [0.25, 0.3) is 0 Å². The number of ether oxygens (including phenoxy) is 1. The molecule has 1 unspecified atom stereocenters. The Labute approximate surface area is 99.0 Å². The van der Waals surface area contributed by atoms with Crippen LogP contribution >= 0.6 is 0 Å². The molecule has 0 saturated heterocycles. The lowest BCUT2D eigenvalue weighted by Gasteiger charge is -2.12. The fourth-order valence-corrected chi connectivity index (χ4v) is 1.58. The minimum atomic E-state index is 0.571. The Morgan fingerprint density at radius 3 is 2.75 bits per heavy atom. The summed E-state index contributed by atoms with van der Waals surface area (Å²) < 4.78 is 5.78. The van der Waals surface area contributed by atoms with Crippen molar-refractivity contribution in [2.45, 2.75) is 39.7 Å². The minimum absolute atomic E-state index is 0.571. The Bertz CT molecular complexity index is 323. The van der Waals surface area contributed by atoms with Gasteiger partial charge in [0.25, 0.3) is 0 Å². The van der Waals surface area contributed by atoms with E-state index in [9.17, 15) is 0 Å². The van der Waals surface area contributed by atoms with Crippen molar-refractivity contribution in [2.75, 3.05) is 13.7 Å². The molecule has 0 heterocycles. The molecule has 0 radical (unpaired) electrons. The molecule has 1 N–H and O–H groups in total. The van der Waals surface area contributed by atoms with E-state index >= 15 is 0 Å². The second kappa shape index (κ2) is 6.54. The van der Waals surface area contributed by atoms with Gasteiger partial charge in [0, 0.05) is 6.04 Å². The van der Waals surface area contributed by atoms with Gasteiger partial charge in [-0.25, -0.2) is 0 Å². The van der Waals surface area contributed by atoms with E-state index in [1.807, 2.05) is 7.05 Å². The largest absolute Gasteiger partial charge is 0.493 e. The third kappa shape index (κ3) is 4.23. The lowest BCUT2D eigenvalue weighted by molar-refractivity contribution is 0.297. The van der Waals surface area contributed by atoms with Crippen LogP contribution in [0.1, 0.15) is 30.9 Å². The van der Waals surface area contributed by atoms with Gasteiger partial charge in [-0.1, -0.05) is 12.1 Å². The number of hydrogen-bond donors (Lipinski definition) is 1. The number of hydrogen-bond acceptors (Lipinski definition) is 2. The third-order valence-electron chi connectivity index (χ3n) is 2.88. The van der Waals surface area contributed by atoms with Crippen LogP contribution in [0.15, 0.2) is 18.2 Å². The van der Waals surface area contributed by atoms with Crippen molar-refractivity contribution < 1.29 is 4.74 Å². The Morgan fingerprint density at radius 1 is 1.31 bits per heavy atom. The lowest BCUT2D eigenvalue weighted by Crippen LogP contribution is -2.21. The maximum atomic E-state index is 5.78. The zero-order valence-electron chi connectivity index (χ0n) is 10.8. The summed E-state index contributed by atoms with van der Waals surface area (Å²) in [6.45, 7) is 7.18. The van der Waals surface area contributed by atoms with E-state index in [1.165, 1.54) is 11.1 Å². The summed E-state index contributed by atoms with van der Waals surface area (Å²) in [5, 5.41) is 3.23. The quantitative estimate of drug-likeness (QED) is 0.745.